The third kappa shape index (κ3) is 2.93. The van der Waals surface area contributed by atoms with E-state index in [1.165, 1.54) is 12.3 Å². The van der Waals surface area contributed by atoms with Gasteiger partial charge in [0, 0.05) is 19.9 Å². The number of hydrogen-bond donors (Lipinski definition) is 0. The lowest BCUT2D eigenvalue weighted by Gasteiger charge is -2.32. The molecule has 5 heteroatoms. The molecule has 0 amide bonds. The molecule has 0 N–H and O–H groups in total. The Balaban J connectivity index is 2.33. The molecular weight excluding hydrogens is 241 g/mol. The van der Waals surface area contributed by atoms with Crippen LogP contribution in [0.3, 0.4) is 0 Å². The Morgan fingerprint density at radius 3 is 2.47 bits per heavy atom. The van der Waals surface area contributed by atoms with Crippen molar-refractivity contribution in [2.75, 3.05) is 0 Å². The molecule has 1 aliphatic rings. The third-order valence-electron chi connectivity index (χ3n) is 3.48. The van der Waals surface area contributed by atoms with Crippen molar-refractivity contribution in [3.05, 3.63) is 18.5 Å². The van der Waals surface area contributed by atoms with Crippen LogP contribution in [0.4, 0.5) is 0 Å². The molecule has 0 atom stereocenters. The van der Waals surface area contributed by atoms with Gasteiger partial charge in [0.2, 0.25) is 0 Å². The highest BCUT2D eigenvalue weighted by Gasteiger charge is 2.51. The van der Waals surface area contributed by atoms with Gasteiger partial charge in [-0.1, -0.05) is 0 Å². The van der Waals surface area contributed by atoms with Crippen LogP contribution in [0, 0.1) is 0 Å². The van der Waals surface area contributed by atoms with Gasteiger partial charge in [0.1, 0.15) is 5.75 Å². The van der Waals surface area contributed by atoms with Gasteiger partial charge >= 0.3 is 7.12 Å². The molecule has 2 heterocycles. The van der Waals surface area contributed by atoms with E-state index in [0.717, 1.165) is 6.20 Å². The second-order valence-corrected chi connectivity index (χ2v) is 5.47. The Labute approximate surface area is 125 Å². The number of pyridine rings is 1. The minimum absolute atomic E-state index is 0.167. The molecule has 0 unspecified atom stereocenters. The molecule has 104 valence electrons. The first kappa shape index (κ1) is 7.65. The van der Waals surface area contributed by atoms with Crippen LogP contribution in [-0.2, 0) is 9.31 Å². The minimum Gasteiger partial charge on any atom is -0.489 e. The van der Waals surface area contributed by atoms with E-state index in [1.807, 2.05) is 27.7 Å². The molecule has 1 aliphatic heterocycles. The van der Waals surface area contributed by atoms with E-state index in [9.17, 15) is 0 Å². The van der Waals surface area contributed by atoms with Crippen molar-refractivity contribution in [1.82, 2.24) is 4.98 Å². The molecule has 1 fully saturated rings. The SMILES string of the molecule is [2H]C([2H])([2H])C([2H])(Oc1cncc(B2OC(C)(C)C(C)(C)O2)c1)C([2H])([2H])[2H]. The zero-order valence-electron chi connectivity index (χ0n) is 18.5. The van der Waals surface area contributed by atoms with Gasteiger partial charge < -0.3 is 14.0 Å². The molecule has 2 rings (SSSR count). The van der Waals surface area contributed by atoms with Crippen molar-refractivity contribution < 1.29 is 23.6 Å². The molecule has 0 bridgehead atoms. The van der Waals surface area contributed by atoms with Gasteiger partial charge in [-0.3, -0.25) is 4.98 Å². The molecular formula is C14H22BNO3. The van der Waals surface area contributed by atoms with Gasteiger partial charge in [-0.15, -0.1) is 0 Å². The van der Waals surface area contributed by atoms with Gasteiger partial charge in [-0.25, -0.2) is 0 Å². The fraction of sp³-hybridized carbons (Fsp3) is 0.643. The van der Waals surface area contributed by atoms with E-state index in [1.54, 1.807) is 0 Å². The van der Waals surface area contributed by atoms with Crippen LogP contribution in [0.1, 0.15) is 51.0 Å². The van der Waals surface area contributed by atoms with Crippen LogP contribution < -0.4 is 10.2 Å². The van der Waals surface area contributed by atoms with Crippen molar-refractivity contribution >= 4 is 12.6 Å². The summed E-state index contributed by atoms with van der Waals surface area (Å²) in [5.74, 6) is -0.167. The summed E-state index contributed by atoms with van der Waals surface area (Å²) < 4.78 is 69.2. The van der Waals surface area contributed by atoms with E-state index in [-0.39, 0.29) is 5.75 Å². The summed E-state index contributed by atoms with van der Waals surface area (Å²) in [6, 6.07) is 1.37. The van der Waals surface area contributed by atoms with Gasteiger partial charge in [0.05, 0.1) is 24.8 Å². The standard InChI is InChI=1S/C14H22BNO3/c1-10(2)17-12-7-11(8-16-9-12)15-18-13(3,4)14(5,6)19-15/h7-10H,1-6H3/i1D3,2D3,10D. The summed E-state index contributed by atoms with van der Waals surface area (Å²) in [5, 5.41) is 0. The lowest BCUT2D eigenvalue weighted by atomic mass is 9.80. The van der Waals surface area contributed by atoms with Crippen LogP contribution in [-0.4, -0.2) is 29.4 Å². The van der Waals surface area contributed by atoms with Crippen molar-refractivity contribution in [2.24, 2.45) is 0 Å². The summed E-state index contributed by atoms with van der Waals surface area (Å²) in [6.45, 7) is 1.10. The van der Waals surface area contributed by atoms with Gasteiger partial charge in [0.25, 0.3) is 0 Å². The molecule has 1 aromatic rings. The Morgan fingerprint density at radius 2 is 1.89 bits per heavy atom. The number of rotatable bonds is 3. The van der Waals surface area contributed by atoms with Gasteiger partial charge in [-0.2, -0.15) is 0 Å². The van der Waals surface area contributed by atoms with Crippen LogP contribution >= 0.6 is 0 Å². The smallest absolute Gasteiger partial charge is 0.489 e. The van der Waals surface area contributed by atoms with Crippen LogP contribution in [0.25, 0.3) is 0 Å². The van der Waals surface area contributed by atoms with E-state index >= 15 is 0 Å². The molecule has 0 spiro atoms. The number of aromatic nitrogens is 1. The number of nitrogens with zero attached hydrogens (tertiary/aromatic N) is 1. The van der Waals surface area contributed by atoms with Crippen molar-refractivity contribution in [2.45, 2.75) is 58.7 Å². The van der Waals surface area contributed by atoms with E-state index in [0.29, 0.717) is 5.46 Å². The lowest BCUT2D eigenvalue weighted by Crippen LogP contribution is -2.41. The van der Waals surface area contributed by atoms with E-state index < -0.39 is 38.1 Å². The normalized spacial score (nSPS) is 28.2. The summed E-state index contributed by atoms with van der Waals surface area (Å²) in [7, 11) is -0.781. The van der Waals surface area contributed by atoms with Crippen LogP contribution in [0.15, 0.2) is 18.5 Å². The maximum atomic E-state index is 7.93. The van der Waals surface area contributed by atoms with Crippen LogP contribution in [0.2, 0.25) is 0 Å². The molecule has 1 aromatic heterocycles. The van der Waals surface area contributed by atoms with E-state index in [4.69, 9.17) is 23.6 Å². The molecule has 0 saturated carbocycles. The molecule has 0 aliphatic carbocycles. The molecule has 19 heavy (non-hydrogen) atoms. The molecule has 4 nitrogen and oxygen atoms in total. The Bertz CT molecular complexity index is 645. The topological polar surface area (TPSA) is 40.6 Å². The fourth-order valence-corrected chi connectivity index (χ4v) is 1.72. The van der Waals surface area contributed by atoms with E-state index in [2.05, 4.69) is 4.98 Å². The highest BCUT2D eigenvalue weighted by Crippen LogP contribution is 2.36. The minimum atomic E-state index is -3.20. The fourth-order valence-electron chi connectivity index (χ4n) is 1.72. The van der Waals surface area contributed by atoms with Gasteiger partial charge in [0.15, 0.2) is 0 Å². The summed E-state index contributed by atoms with van der Waals surface area (Å²) in [6.07, 6.45) is -0.531. The van der Waals surface area contributed by atoms with Crippen molar-refractivity contribution in [1.29, 1.82) is 0 Å². The monoisotopic (exact) mass is 270 g/mol. The maximum Gasteiger partial charge on any atom is 0.496 e. The Hall–Kier alpha value is -1.07. The zero-order chi connectivity index (χ0) is 20.2. The average Bonchev–Trinajstić information content (AvgIpc) is 2.65. The highest BCUT2D eigenvalue weighted by molar-refractivity contribution is 6.62. The van der Waals surface area contributed by atoms with Crippen molar-refractivity contribution in [3.63, 3.8) is 0 Å². The largest absolute Gasteiger partial charge is 0.496 e. The second-order valence-electron chi connectivity index (χ2n) is 5.47. The molecule has 0 aromatic carbocycles. The van der Waals surface area contributed by atoms with Crippen molar-refractivity contribution in [3.8, 4) is 5.75 Å². The quantitative estimate of drug-likeness (QED) is 0.789. The Kier molecular flexibility index (Phi) is 1.93. The highest BCUT2D eigenvalue weighted by atomic mass is 16.7. The predicted molar refractivity (Wildman–Crippen MR) is 75.7 cm³/mol. The molecule has 0 radical (unpaired) electrons. The first-order chi connectivity index (χ1) is 11.5. The predicted octanol–water partition coefficient (Wildman–Crippen LogP) is 2.17. The van der Waals surface area contributed by atoms with Crippen LogP contribution in [0.5, 0.6) is 5.75 Å². The zero-order valence-corrected chi connectivity index (χ0v) is 11.5. The first-order valence-corrected chi connectivity index (χ1v) is 6.00. The number of ether oxygens (including phenoxy) is 1. The maximum absolute atomic E-state index is 7.93. The summed E-state index contributed by atoms with van der Waals surface area (Å²) >= 11 is 0. The molecule has 1 saturated heterocycles. The second kappa shape index (κ2) is 4.80. The Morgan fingerprint density at radius 1 is 1.26 bits per heavy atom. The summed E-state index contributed by atoms with van der Waals surface area (Å²) in [4.78, 5) is 3.94. The number of hydrogen-bond acceptors (Lipinski definition) is 4. The third-order valence-corrected chi connectivity index (χ3v) is 3.48. The summed E-state index contributed by atoms with van der Waals surface area (Å²) in [5.41, 5.74) is -0.754. The first-order valence-electron chi connectivity index (χ1n) is 9.50. The van der Waals surface area contributed by atoms with Gasteiger partial charge in [-0.05, 0) is 47.5 Å². The lowest BCUT2D eigenvalue weighted by molar-refractivity contribution is 0.00578. The average molecular weight is 270 g/mol.